The summed E-state index contributed by atoms with van der Waals surface area (Å²) in [6.07, 6.45) is 0.191. The van der Waals surface area contributed by atoms with Crippen LogP contribution in [0.25, 0.3) is 0 Å². The van der Waals surface area contributed by atoms with Crippen LogP contribution in [0.15, 0.2) is 47.6 Å². The van der Waals surface area contributed by atoms with Crippen molar-refractivity contribution < 1.29 is 9.59 Å². The van der Waals surface area contributed by atoms with E-state index in [1.807, 2.05) is 63.2 Å². The Kier molecular flexibility index (Phi) is 7.32. The molecule has 0 heterocycles. The molecule has 26 heavy (non-hydrogen) atoms. The van der Waals surface area contributed by atoms with E-state index in [4.69, 9.17) is 0 Å². The SMILES string of the molecule is C/C(=N\NC(=O)CCC(=O)Nc1ccc(I)cc1C)c1ccc(C)cc1. The standard InChI is InChI=1S/C20H22IN3O2/c1-13-4-6-16(7-5-13)15(3)23-24-20(26)11-10-19(25)22-18-9-8-17(21)12-14(18)2/h4-9,12H,10-11H2,1-3H3,(H,22,25)(H,24,26)/b23-15+. The number of aryl methyl sites for hydroxylation is 2. The van der Waals surface area contributed by atoms with Crippen LogP contribution in [0, 0.1) is 17.4 Å². The Hall–Kier alpha value is -2.22. The zero-order valence-corrected chi connectivity index (χ0v) is 17.3. The van der Waals surface area contributed by atoms with Crippen molar-refractivity contribution in [3.63, 3.8) is 0 Å². The summed E-state index contributed by atoms with van der Waals surface area (Å²) in [7, 11) is 0. The van der Waals surface area contributed by atoms with Gasteiger partial charge in [0.25, 0.3) is 0 Å². The lowest BCUT2D eigenvalue weighted by molar-refractivity contribution is -0.124. The van der Waals surface area contributed by atoms with E-state index in [1.165, 1.54) is 5.56 Å². The molecule has 0 saturated carbocycles. The minimum atomic E-state index is -0.286. The molecular weight excluding hydrogens is 441 g/mol. The van der Waals surface area contributed by atoms with Crippen molar-refractivity contribution >= 4 is 45.8 Å². The molecule has 0 aliphatic heterocycles. The molecule has 0 bridgehead atoms. The van der Waals surface area contributed by atoms with Crippen molar-refractivity contribution in [3.8, 4) is 0 Å². The normalized spacial score (nSPS) is 11.2. The molecule has 0 atom stereocenters. The Bertz CT molecular complexity index is 829. The van der Waals surface area contributed by atoms with Crippen molar-refractivity contribution in [2.75, 3.05) is 5.32 Å². The molecular formula is C20H22IN3O2. The van der Waals surface area contributed by atoms with Crippen LogP contribution in [-0.4, -0.2) is 17.5 Å². The van der Waals surface area contributed by atoms with Gasteiger partial charge in [0.1, 0.15) is 0 Å². The van der Waals surface area contributed by atoms with Crippen LogP contribution in [0.4, 0.5) is 5.69 Å². The third-order valence-electron chi connectivity index (χ3n) is 3.86. The number of nitrogens with one attached hydrogen (secondary N) is 2. The first-order valence-electron chi connectivity index (χ1n) is 8.31. The maximum atomic E-state index is 12.0. The Morgan fingerprint density at radius 2 is 1.65 bits per heavy atom. The largest absolute Gasteiger partial charge is 0.326 e. The average molecular weight is 463 g/mol. The second-order valence-electron chi connectivity index (χ2n) is 6.11. The van der Waals surface area contributed by atoms with Gasteiger partial charge in [0.2, 0.25) is 11.8 Å². The predicted molar refractivity (Wildman–Crippen MR) is 113 cm³/mol. The van der Waals surface area contributed by atoms with Gasteiger partial charge in [0.15, 0.2) is 0 Å². The molecule has 5 nitrogen and oxygen atoms in total. The Morgan fingerprint density at radius 3 is 2.31 bits per heavy atom. The highest BCUT2D eigenvalue weighted by Gasteiger charge is 2.08. The van der Waals surface area contributed by atoms with E-state index in [9.17, 15) is 9.59 Å². The summed E-state index contributed by atoms with van der Waals surface area (Å²) < 4.78 is 1.11. The molecule has 2 rings (SSSR count). The quantitative estimate of drug-likeness (QED) is 0.384. The number of anilines is 1. The predicted octanol–water partition coefficient (Wildman–Crippen LogP) is 4.17. The summed E-state index contributed by atoms with van der Waals surface area (Å²) in [4.78, 5) is 23.9. The van der Waals surface area contributed by atoms with Crippen molar-refractivity contribution in [3.05, 3.63) is 62.7 Å². The van der Waals surface area contributed by atoms with E-state index in [1.54, 1.807) is 0 Å². The van der Waals surface area contributed by atoms with E-state index in [0.717, 1.165) is 26.1 Å². The molecule has 0 saturated heterocycles. The number of amides is 2. The van der Waals surface area contributed by atoms with Crippen LogP contribution < -0.4 is 10.7 Å². The van der Waals surface area contributed by atoms with Crippen LogP contribution in [0.5, 0.6) is 0 Å². The summed E-state index contributed by atoms with van der Waals surface area (Å²) in [5, 5.41) is 6.93. The maximum absolute atomic E-state index is 12.0. The van der Waals surface area contributed by atoms with Gasteiger partial charge in [0, 0.05) is 22.1 Å². The van der Waals surface area contributed by atoms with Gasteiger partial charge in [-0.1, -0.05) is 29.8 Å². The fraction of sp³-hybridized carbons (Fsp3) is 0.250. The number of nitrogens with zero attached hydrogens (tertiary/aromatic N) is 1. The third-order valence-corrected chi connectivity index (χ3v) is 4.53. The highest BCUT2D eigenvalue weighted by molar-refractivity contribution is 14.1. The molecule has 0 spiro atoms. The summed E-state index contributed by atoms with van der Waals surface area (Å²) in [5.74, 6) is -0.477. The number of carbonyl (C=O) groups is 2. The lowest BCUT2D eigenvalue weighted by Gasteiger charge is -2.08. The van der Waals surface area contributed by atoms with Crippen LogP contribution in [0.1, 0.15) is 36.5 Å². The average Bonchev–Trinajstić information content (AvgIpc) is 2.61. The number of hydrazone groups is 1. The Balaban J connectivity index is 1.81. The zero-order valence-electron chi connectivity index (χ0n) is 15.1. The zero-order chi connectivity index (χ0) is 19.1. The van der Waals surface area contributed by atoms with E-state index >= 15 is 0 Å². The number of hydrogen-bond acceptors (Lipinski definition) is 3. The van der Waals surface area contributed by atoms with Gasteiger partial charge >= 0.3 is 0 Å². The van der Waals surface area contributed by atoms with E-state index < -0.39 is 0 Å². The minimum absolute atomic E-state index is 0.0833. The van der Waals surface area contributed by atoms with Crippen molar-refractivity contribution in [1.29, 1.82) is 0 Å². The maximum Gasteiger partial charge on any atom is 0.240 e. The molecule has 6 heteroatoms. The van der Waals surface area contributed by atoms with Crippen LogP contribution in [-0.2, 0) is 9.59 Å². The highest BCUT2D eigenvalue weighted by atomic mass is 127. The summed E-state index contributed by atoms with van der Waals surface area (Å²) >= 11 is 2.22. The number of halogens is 1. The van der Waals surface area contributed by atoms with Gasteiger partial charge in [-0.2, -0.15) is 5.10 Å². The van der Waals surface area contributed by atoms with Gasteiger partial charge in [-0.3, -0.25) is 9.59 Å². The van der Waals surface area contributed by atoms with Crippen LogP contribution >= 0.6 is 22.6 Å². The summed E-state index contributed by atoms with van der Waals surface area (Å²) in [6, 6.07) is 13.7. The fourth-order valence-electron chi connectivity index (χ4n) is 2.27. The minimum Gasteiger partial charge on any atom is -0.326 e. The number of benzene rings is 2. The summed E-state index contributed by atoms with van der Waals surface area (Å²) in [6.45, 7) is 5.78. The summed E-state index contributed by atoms with van der Waals surface area (Å²) in [5.41, 5.74) is 7.10. The molecule has 2 aromatic rings. The molecule has 0 radical (unpaired) electrons. The molecule has 0 aliphatic rings. The molecule has 0 fully saturated rings. The lowest BCUT2D eigenvalue weighted by Crippen LogP contribution is -2.22. The molecule has 0 unspecified atom stereocenters. The van der Waals surface area contributed by atoms with Crippen LogP contribution in [0.3, 0.4) is 0 Å². The Morgan fingerprint density at radius 1 is 1.00 bits per heavy atom. The second kappa shape index (κ2) is 9.47. The molecule has 0 aliphatic carbocycles. The monoisotopic (exact) mass is 463 g/mol. The molecule has 136 valence electrons. The Labute approximate surface area is 167 Å². The number of hydrogen-bond donors (Lipinski definition) is 2. The van der Waals surface area contributed by atoms with E-state index in [-0.39, 0.29) is 24.7 Å². The number of carbonyl (C=O) groups excluding carboxylic acids is 2. The molecule has 0 aromatic heterocycles. The molecule has 2 N–H and O–H groups in total. The first kappa shape index (κ1) is 20.1. The lowest BCUT2D eigenvalue weighted by atomic mass is 10.1. The van der Waals surface area contributed by atoms with Crippen molar-refractivity contribution in [1.82, 2.24) is 5.43 Å². The van der Waals surface area contributed by atoms with E-state index in [2.05, 4.69) is 38.4 Å². The smallest absolute Gasteiger partial charge is 0.240 e. The first-order valence-corrected chi connectivity index (χ1v) is 9.39. The number of rotatable bonds is 6. The van der Waals surface area contributed by atoms with Crippen molar-refractivity contribution in [2.24, 2.45) is 5.10 Å². The molecule has 2 aromatic carbocycles. The van der Waals surface area contributed by atoms with Gasteiger partial charge in [-0.05, 0) is 72.7 Å². The van der Waals surface area contributed by atoms with Gasteiger partial charge in [0.05, 0.1) is 5.71 Å². The van der Waals surface area contributed by atoms with Gasteiger partial charge in [-0.15, -0.1) is 0 Å². The van der Waals surface area contributed by atoms with Gasteiger partial charge in [-0.25, -0.2) is 5.43 Å². The first-order chi connectivity index (χ1) is 12.3. The topological polar surface area (TPSA) is 70.6 Å². The fourth-order valence-corrected chi connectivity index (χ4v) is 2.92. The van der Waals surface area contributed by atoms with E-state index in [0.29, 0.717) is 0 Å². The van der Waals surface area contributed by atoms with Gasteiger partial charge < -0.3 is 5.32 Å². The van der Waals surface area contributed by atoms with Crippen molar-refractivity contribution in [2.45, 2.75) is 33.6 Å². The highest BCUT2D eigenvalue weighted by Crippen LogP contribution is 2.18. The second-order valence-corrected chi connectivity index (χ2v) is 7.35. The van der Waals surface area contributed by atoms with Crippen LogP contribution in [0.2, 0.25) is 0 Å². The molecule has 2 amide bonds. The third kappa shape index (κ3) is 6.25.